The minimum Gasteiger partial charge on any atom is -0.493 e. The van der Waals surface area contributed by atoms with Gasteiger partial charge < -0.3 is 18.8 Å². The van der Waals surface area contributed by atoms with Crippen LogP contribution in [-0.4, -0.2) is 43.8 Å². The van der Waals surface area contributed by atoms with Crippen LogP contribution in [0.4, 0.5) is 0 Å². The Hall–Kier alpha value is -1.97. The van der Waals surface area contributed by atoms with E-state index in [1.165, 1.54) is 32.7 Å². The van der Waals surface area contributed by atoms with Crippen molar-refractivity contribution >= 4 is 55.2 Å². The van der Waals surface area contributed by atoms with Crippen LogP contribution in [0.5, 0.6) is 17.2 Å². The fourth-order valence-corrected chi connectivity index (χ4v) is 4.86. The van der Waals surface area contributed by atoms with Gasteiger partial charge in [-0.25, -0.2) is 0 Å². The average Bonchev–Trinajstić information content (AvgIpc) is 3.06. The number of hydrogen-bond acceptors (Lipinski definition) is 6. The molecule has 0 fully saturated rings. The van der Waals surface area contributed by atoms with E-state index < -0.39 is 0 Å². The molecule has 0 aliphatic rings. The number of aryl methyl sites for hydroxylation is 1. The highest BCUT2D eigenvalue weighted by Crippen LogP contribution is 2.38. The maximum absolute atomic E-state index is 13.0. The lowest BCUT2D eigenvalue weighted by atomic mass is 10.1. The maximum atomic E-state index is 13.0. The van der Waals surface area contributed by atoms with Gasteiger partial charge in [-0.1, -0.05) is 27.3 Å². The Morgan fingerprint density at radius 3 is 2.41 bits per heavy atom. The third kappa shape index (κ3) is 4.62. The SMILES string of the molecule is COc1cc(C(=O)N=c2sc3cc(Br)ccc3n2CCSC)cc(OC)c1OC. The number of methoxy groups -OCH3 is 3. The van der Waals surface area contributed by atoms with Crippen molar-refractivity contribution in [2.45, 2.75) is 6.54 Å². The minimum atomic E-state index is -0.368. The van der Waals surface area contributed by atoms with Crippen molar-refractivity contribution in [3.05, 3.63) is 45.2 Å². The largest absolute Gasteiger partial charge is 0.493 e. The van der Waals surface area contributed by atoms with Crippen molar-refractivity contribution in [3.8, 4) is 17.2 Å². The summed E-state index contributed by atoms with van der Waals surface area (Å²) in [5, 5.41) is 0. The summed E-state index contributed by atoms with van der Waals surface area (Å²) < 4.78 is 20.2. The number of carbonyl (C=O) groups is 1. The molecule has 0 aliphatic heterocycles. The molecule has 0 atom stereocenters. The Kier molecular flexibility index (Phi) is 7.26. The number of carbonyl (C=O) groups excluding carboxylic acids is 1. The topological polar surface area (TPSA) is 62.0 Å². The van der Waals surface area contributed by atoms with Crippen LogP contribution in [0.25, 0.3) is 10.2 Å². The lowest BCUT2D eigenvalue weighted by Crippen LogP contribution is -2.18. The quantitative estimate of drug-likeness (QED) is 0.478. The predicted octanol–water partition coefficient (Wildman–Crippen LogP) is 4.60. The van der Waals surface area contributed by atoms with Gasteiger partial charge in [0.15, 0.2) is 16.3 Å². The van der Waals surface area contributed by atoms with Gasteiger partial charge in [0.05, 0.1) is 31.5 Å². The van der Waals surface area contributed by atoms with E-state index in [-0.39, 0.29) is 5.91 Å². The number of nitrogens with zero attached hydrogens (tertiary/aromatic N) is 2. The summed E-state index contributed by atoms with van der Waals surface area (Å²) in [5.74, 6) is 1.83. The molecular weight excluding hydrogens is 476 g/mol. The molecule has 0 bridgehead atoms. The Bertz CT molecular complexity index is 1080. The molecule has 1 heterocycles. The number of fused-ring (bicyclic) bond motifs is 1. The van der Waals surface area contributed by atoms with Crippen LogP contribution in [0.15, 0.2) is 39.8 Å². The van der Waals surface area contributed by atoms with Gasteiger partial charge >= 0.3 is 0 Å². The number of amides is 1. The van der Waals surface area contributed by atoms with Crippen LogP contribution < -0.4 is 19.0 Å². The van der Waals surface area contributed by atoms with E-state index in [0.717, 1.165) is 27.0 Å². The van der Waals surface area contributed by atoms with Gasteiger partial charge in [0, 0.05) is 22.3 Å². The summed E-state index contributed by atoms with van der Waals surface area (Å²) in [5.41, 5.74) is 1.43. The molecule has 1 amide bonds. The molecular formula is C20H21BrN2O4S2. The number of thioether (sulfide) groups is 1. The second kappa shape index (κ2) is 9.69. The van der Waals surface area contributed by atoms with E-state index in [1.54, 1.807) is 23.9 Å². The number of hydrogen-bond donors (Lipinski definition) is 0. The van der Waals surface area contributed by atoms with E-state index >= 15 is 0 Å². The van der Waals surface area contributed by atoms with Crippen molar-refractivity contribution in [2.24, 2.45) is 4.99 Å². The van der Waals surface area contributed by atoms with Crippen molar-refractivity contribution in [1.29, 1.82) is 0 Å². The summed E-state index contributed by atoms with van der Waals surface area (Å²) in [6.45, 7) is 0.768. The first-order valence-electron chi connectivity index (χ1n) is 8.69. The van der Waals surface area contributed by atoms with Gasteiger partial charge in [0.1, 0.15) is 0 Å². The van der Waals surface area contributed by atoms with E-state index in [1.807, 2.05) is 18.2 Å². The number of aromatic nitrogens is 1. The first kappa shape index (κ1) is 21.7. The molecule has 0 spiro atoms. The molecule has 0 unspecified atom stereocenters. The second-order valence-corrected chi connectivity index (χ2v) is 8.88. The minimum absolute atomic E-state index is 0.368. The standard InChI is InChI=1S/C20H21BrN2O4S2/c1-25-15-9-12(10-16(26-2)18(15)27-3)19(24)22-20-23(7-8-28-4)14-6-5-13(21)11-17(14)29-20/h5-6,9-11H,7-8H2,1-4H3. The molecule has 0 saturated heterocycles. The number of rotatable bonds is 7. The first-order chi connectivity index (χ1) is 14.0. The molecule has 6 nitrogen and oxygen atoms in total. The average molecular weight is 497 g/mol. The lowest BCUT2D eigenvalue weighted by Gasteiger charge is -2.12. The number of halogens is 1. The van der Waals surface area contributed by atoms with Crippen molar-refractivity contribution in [1.82, 2.24) is 4.57 Å². The molecule has 154 valence electrons. The van der Waals surface area contributed by atoms with Crippen LogP contribution in [0.2, 0.25) is 0 Å². The molecule has 3 rings (SSSR count). The molecule has 0 saturated carbocycles. The Morgan fingerprint density at radius 1 is 1.14 bits per heavy atom. The van der Waals surface area contributed by atoms with E-state index in [0.29, 0.717) is 27.6 Å². The van der Waals surface area contributed by atoms with Crippen molar-refractivity contribution < 1.29 is 19.0 Å². The van der Waals surface area contributed by atoms with Gasteiger partial charge in [-0.2, -0.15) is 16.8 Å². The van der Waals surface area contributed by atoms with E-state index in [9.17, 15) is 4.79 Å². The van der Waals surface area contributed by atoms with Gasteiger partial charge in [0.25, 0.3) is 5.91 Å². The third-order valence-electron chi connectivity index (χ3n) is 4.27. The zero-order valence-corrected chi connectivity index (χ0v) is 19.7. The van der Waals surface area contributed by atoms with E-state index in [2.05, 4.69) is 31.7 Å². The van der Waals surface area contributed by atoms with Crippen LogP contribution in [0.3, 0.4) is 0 Å². The van der Waals surface area contributed by atoms with Crippen LogP contribution in [0.1, 0.15) is 10.4 Å². The predicted molar refractivity (Wildman–Crippen MR) is 122 cm³/mol. The molecule has 0 aliphatic carbocycles. The van der Waals surface area contributed by atoms with Gasteiger partial charge in [0.2, 0.25) is 5.75 Å². The molecule has 9 heteroatoms. The second-order valence-electron chi connectivity index (χ2n) is 5.97. The smallest absolute Gasteiger partial charge is 0.279 e. The number of ether oxygens (including phenoxy) is 3. The Balaban J connectivity index is 2.12. The fourth-order valence-electron chi connectivity index (χ4n) is 2.89. The van der Waals surface area contributed by atoms with Crippen LogP contribution >= 0.6 is 39.0 Å². The van der Waals surface area contributed by atoms with Gasteiger partial charge in [-0.15, -0.1) is 0 Å². The first-order valence-corrected chi connectivity index (χ1v) is 11.7. The van der Waals surface area contributed by atoms with Crippen LogP contribution in [0, 0.1) is 0 Å². The number of benzene rings is 2. The van der Waals surface area contributed by atoms with Gasteiger partial charge in [-0.3, -0.25) is 4.79 Å². The highest BCUT2D eigenvalue weighted by Gasteiger charge is 2.17. The monoisotopic (exact) mass is 496 g/mol. The molecule has 0 radical (unpaired) electrons. The summed E-state index contributed by atoms with van der Waals surface area (Å²) in [4.78, 5) is 18.1. The summed E-state index contributed by atoms with van der Waals surface area (Å²) in [6, 6.07) is 9.31. The normalized spacial score (nSPS) is 11.7. The summed E-state index contributed by atoms with van der Waals surface area (Å²) in [7, 11) is 4.56. The maximum Gasteiger partial charge on any atom is 0.279 e. The molecule has 29 heavy (non-hydrogen) atoms. The van der Waals surface area contributed by atoms with Crippen molar-refractivity contribution in [3.63, 3.8) is 0 Å². The van der Waals surface area contributed by atoms with Gasteiger partial charge in [-0.05, 0) is 36.6 Å². The Morgan fingerprint density at radius 2 is 1.83 bits per heavy atom. The molecule has 0 N–H and O–H groups in total. The summed E-state index contributed by atoms with van der Waals surface area (Å²) >= 11 is 6.75. The molecule has 3 aromatic rings. The zero-order chi connectivity index (χ0) is 21.0. The Labute approximate surface area is 185 Å². The molecule has 2 aromatic carbocycles. The summed E-state index contributed by atoms with van der Waals surface area (Å²) in [6.07, 6.45) is 2.06. The highest BCUT2D eigenvalue weighted by atomic mass is 79.9. The van der Waals surface area contributed by atoms with Crippen LogP contribution in [-0.2, 0) is 6.54 Å². The fraction of sp³-hybridized carbons (Fsp3) is 0.300. The number of thiazole rings is 1. The lowest BCUT2D eigenvalue weighted by molar-refractivity contribution is 0.0997. The van der Waals surface area contributed by atoms with Crippen molar-refractivity contribution in [2.75, 3.05) is 33.3 Å². The molecule has 1 aromatic heterocycles. The highest BCUT2D eigenvalue weighted by molar-refractivity contribution is 9.10. The third-order valence-corrected chi connectivity index (χ3v) is 6.40. The zero-order valence-electron chi connectivity index (χ0n) is 16.5. The van der Waals surface area contributed by atoms with E-state index in [4.69, 9.17) is 14.2 Å².